The minimum Gasteiger partial charge on any atom is -0.465 e. The minimum atomic E-state index is -0.320. The van der Waals surface area contributed by atoms with Crippen LogP contribution in [0.5, 0.6) is 0 Å². The van der Waals surface area contributed by atoms with Gasteiger partial charge in [-0.15, -0.1) is 0 Å². The highest BCUT2D eigenvalue weighted by molar-refractivity contribution is 5.94. The normalized spacial score (nSPS) is 16.8. The van der Waals surface area contributed by atoms with E-state index in [-0.39, 0.29) is 12.0 Å². The molecule has 1 atom stereocenters. The van der Waals surface area contributed by atoms with Crippen molar-refractivity contribution in [2.75, 3.05) is 23.9 Å². The van der Waals surface area contributed by atoms with Crippen molar-refractivity contribution in [2.45, 2.75) is 12.5 Å². The molecule has 3 aromatic carbocycles. The lowest BCUT2D eigenvalue weighted by molar-refractivity contribution is 0.0601. The molecule has 1 unspecified atom stereocenters. The molecule has 4 nitrogen and oxygen atoms in total. The van der Waals surface area contributed by atoms with Gasteiger partial charge in [-0.25, -0.2) is 4.79 Å². The minimum absolute atomic E-state index is 0.0240. The predicted molar refractivity (Wildman–Crippen MR) is 107 cm³/mol. The molecule has 1 N–H and O–H groups in total. The van der Waals surface area contributed by atoms with Crippen molar-refractivity contribution in [2.24, 2.45) is 0 Å². The maximum absolute atomic E-state index is 12.1. The number of anilines is 3. The molecule has 2 heterocycles. The van der Waals surface area contributed by atoms with E-state index in [1.54, 1.807) is 0 Å². The van der Waals surface area contributed by atoms with Gasteiger partial charge in [0.25, 0.3) is 0 Å². The summed E-state index contributed by atoms with van der Waals surface area (Å²) in [6.45, 7) is 0.945. The Morgan fingerprint density at radius 2 is 1.93 bits per heavy atom. The van der Waals surface area contributed by atoms with Gasteiger partial charge in [-0.05, 0) is 35.7 Å². The second-order valence-corrected chi connectivity index (χ2v) is 6.97. The summed E-state index contributed by atoms with van der Waals surface area (Å²) in [5.74, 6) is -0.320. The molecule has 2 aliphatic rings. The number of rotatable bonds is 2. The molecular formula is C23H20N2O2. The molecule has 27 heavy (non-hydrogen) atoms. The van der Waals surface area contributed by atoms with Gasteiger partial charge in [-0.2, -0.15) is 0 Å². The van der Waals surface area contributed by atoms with Crippen LogP contribution in [-0.2, 0) is 11.2 Å². The molecule has 0 aromatic heterocycles. The largest absolute Gasteiger partial charge is 0.465 e. The van der Waals surface area contributed by atoms with Gasteiger partial charge in [-0.3, -0.25) is 0 Å². The number of methoxy groups -OCH3 is 1. The van der Waals surface area contributed by atoms with E-state index >= 15 is 0 Å². The van der Waals surface area contributed by atoms with Crippen LogP contribution in [0.15, 0.2) is 66.7 Å². The second-order valence-electron chi connectivity index (χ2n) is 6.97. The van der Waals surface area contributed by atoms with E-state index in [4.69, 9.17) is 4.74 Å². The van der Waals surface area contributed by atoms with E-state index in [0.29, 0.717) is 5.56 Å². The van der Waals surface area contributed by atoms with Crippen molar-refractivity contribution in [3.63, 3.8) is 0 Å². The van der Waals surface area contributed by atoms with Gasteiger partial charge < -0.3 is 15.0 Å². The SMILES string of the molecule is COC(=O)c1ccc2c(c1)NC(c1ccccc1)c1cccc3c1N2CC3. The number of esters is 1. The fraction of sp³-hybridized carbons (Fsp3) is 0.174. The zero-order chi connectivity index (χ0) is 18.4. The number of nitrogens with zero attached hydrogens (tertiary/aromatic N) is 1. The first-order chi connectivity index (χ1) is 13.3. The van der Waals surface area contributed by atoms with Crippen molar-refractivity contribution in [1.29, 1.82) is 0 Å². The maximum atomic E-state index is 12.1. The molecule has 0 saturated heterocycles. The summed E-state index contributed by atoms with van der Waals surface area (Å²) in [4.78, 5) is 14.4. The number of hydrogen-bond acceptors (Lipinski definition) is 4. The first kappa shape index (κ1) is 15.9. The zero-order valence-electron chi connectivity index (χ0n) is 15.1. The molecule has 0 fully saturated rings. The first-order valence-electron chi connectivity index (χ1n) is 9.19. The lowest BCUT2D eigenvalue weighted by atomic mass is 9.95. The van der Waals surface area contributed by atoms with E-state index in [1.807, 2.05) is 24.3 Å². The Bertz CT molecular complexity index is 1030. The van der Waals surface area contributed by atoms with Crippen LogP contribution >= 0.6 is 0 Å². The lowest BCUT2D eigenvalue weighted by Crippen LogP contribution is -2.14. The van der Waals surface area contributed by atoms with Crippen LogP contribution in [0.3, 0.4) is 0 Å². The van der Waals surface area contributed by atoms with Crippen LogP contribution in [0.1, 0.15) is 33.1 Å². The number of carbonyl (C=O) groups is 1. The second kappa shape index (κ2) is 6.16. The Kier molecular flexibility index (Phi) is 3.64. The van der Waals surface area contributed by atoms with E-state index in [0.717, 1.165) is 24.3 Å². The molecule has 3 aromatic rings. The molecule has 134 valence electrons. The van der Waals surface area contributed by atoms with E-state index in [9.17, 15) is 4.79 Å². The number of hydrogen-bond donors (Lipinski definition) is 1. The van der Waals surface area contributed by atoms with Crippen molar-refractivity contribution < 1.29 is 9.53 Å². The van der Waals surface area contributed by atoms with Crippen LogP contribution in [0.2, 0.25) is 0 Å². The molecule has 0 spiro atoms. The molecule has 5 rings (SSSR count). The third kappa shape index (κ3) is 2.48. The van der Waals surface area contributed by atoms with Crippen LogP contribution < -0.4 is 10.2 Å². The van der Waals surface area contributed by atoms with Crippen LogP contribution in [-0.4, -0.2) is 19.6 Å². The van der Waals surface area contributed by atoms with E-state index in [2.05, 4.69) is 52.7 Å². The maximum Gasteiger partial charge on any atom is 0.337 e. The molecular weight excluding hydrogens is 336 g/mol. The number of benzene rings is 3. The summed E-state index contributed by atoms with van der Waals surface area (Å²) < 4.78 is 4.91. The van der Waals surface area contributed by atoms with E-state index in [1.165, 1.54) is 29.5 Å². The van der Waals surface area contributed by atoms with Crippen LogP contribution in [0, 0.1) is 0 Å². The number of carbonyl (C=O) groups excluding carboxylic acids is 1. The monoisotopic (exact) mass is 356 g/mol. The summed E-state index contributed by atoms with van der Waals surface area (Å²) >= 11 is 0. The quantitative estimate of drug-likeness (QED) is 0.677. The first-order valence-corrected chi connectivity index (χ1v) is 9.19. The van der Waals surface area contributed by atoms with Crippen molar-refractivity contribution in [3.05, 3.63) is 89.0 Å². The Morgan fingerprint density at radius 3 is 2.74 bits per heavy atom. The highest BCUT2D eigenvalue weighted by Crippen LogP contribution is 2.48. The fourth-order valence-electron chi connectivity index (χ4n) is 4.23. The van der Waals surface area contributed by atoms with Gasteiger partial charge >= 0.3 is 5.97 Å². The topological polar surface area (TPSA) is 41.6 Å². The number of para-hydroxylation sites is 1. The average molecular weight is 356 g/mol. The molecule has 4 heteroatoms. The predicted octanol–water partition coefficient (Wildman–Crippen LogP) is 4.68. The number of ether oxygens (including phenoxy) is 1. The highest BCUT2D eigenvalue weighted by Gasteiger charge is 2.32. The molecule has 0 bridgehead atoms. The summed E-state index contributed by atoms with van der Waals surface area (Å²) in [6, 6.07) is 22.8. The van der Waals surface area contributed by atoms with Gasteiger partial charge in [0.1, 0.15) is 0 Å². The highest BCUT2D eigenvalue weighted by atomic mass is 16.5. The number of fused-ring (bicyclic) bond motifs is 2. The van der Waals surface area contributed by atoms with E-state index < -0.39 is 0 Å². The van der Waals surface area contributed by atoms with Crippen molar-refractivity contribution in [1.82, 2.24) is 0 Å². The summed E-state index contributed by atoms with van der Waals surface area (Å²) in [6.07, 6.45) is 1.03. The lowest BCUT2D eigenvalue weighted by Gasteiger charge is -2.22. The van der Waals surface area contributed by atoms with Gasteiger partial charge in [0.05, 0.1) is 35.8 Å². The Balaban J connectivity index is 1.73. The van der Waals surface area contributed by atoms with Crippen LogP contribution in [0.4, 0.5) is 17.1 Å². The Labute approximate surface area is 158 Å². The third-order valence-electron chi connectivity index (χ3n) is 5.48. The van der Waals surface area contributed by atoms with Crippen molar-refractivity contribution in [3.8, 4) is 0 Å². The Hall–Kier alpha value is -3.27. The number of nitrogens with one attached hydrogen (secondary N) is 1. The summed E-state index contributed by atoms with van der Waals surface area (Å²) in [5.41, 5.74) is 7.76. The molecule has 0 amide bonds. The standard InChI is InChI=1S/C23H20N2O2/c1-27-23(26)17-10-11-20-19(14-17)24-21(15-6-3-2-4-7-15)18-9-5-8-16-12-13-25(20)22(16)18/h2-11,14,21,24H,12-13H2,1H3. The van der Waals surface area contributed by atoms with Gasteiger partial charge in [0.15, 0.2) is 0 Å². The fourth-order valence-corrected chi connectivity index (χ4v) is 4.23. The molecule has 0 aliphatic carbocycles. The summed E-state index contributed by atoms with van der Waals surface area (Å²) in [7, 11) is 1.41. The molecule has 0 radical (unpaired) electrons. The molecule has 0 saturated carbocycles. The third-order valence-corrected chi connectivity index (χ3v) is 5.48. The Morgan fingerprint density at radius 1 is 1.07 bits per heavy atom. The van der Waals surface area contributed by atoms with Gasteiger partial charge in [0, 0.05) is 12.1 Å². The molecule has 2 aliphatic heterocycles. The van der Waals surface area contributed by atoms with Crippen molar-refractivity contribution >= 4 is 23.0 Å². The van der Waals surface area contributed by atoms with Gasteiger partial charge in [-0.1, -0.05) is 48.5 Å². The van der Waals surface area contributed by atoms with Gasteiger partial charge in [0.2, 0.25) is 0 Å². The zero-order valence-corrected chi connectivity index (χ0v) is 15.1. The van der Waals surface area contributed by atoms with Crippen LogP contribution in [0.25, 0.3) is 0 Å². The smallest absolute Gasteiger partial charge is 0.337 e. The summed E-state index contributed by atoms with van der Waals surface area (Å²) in [5, 5.41) is 3.69. The average Bonchev–Trinajstić information content (AvgIpc) is 3.10.